The van der Waals surface area contributed by atoms with Crippen molar-refractivity contribution in [3.63, 3.8) is 0 Å². The van der Waals surface area contributed by atoms with Gasteiger partial charge in [-0.05, 0) is 38.9 Å². The summed E-state index contributed by atoms with van der Waals surface area (Å²) in [4.78, 5) is 10.7. The summed E-state index contributed by atoms with van der Waals surface area (Å²) < 4.78 is 5.25. The fourth-order valence-electron chi connectivity index (χ4n) is 2.81. The predicted molar refractivity (Wildman–Crippen MR) is 76.7 cm³/mol. The molecule has 102 valence electrons. The van der Waals surface area contributed by atoms with E-state index in [0.717, 1.165) is 29.2 Å². The number of fused-ring (bicyclic) bond motifs is 1. The van der Waals surface area contributed by atoms with Crippen molar-refractivity contribution in [2.24, 2.45) is 0 Å². The Morgan fingerprint density at radius 1 is 1.42 bits per heavy atom. The van der Waals surface area contributed by atoms with Crippen LogP contribution in [0.4, 0.5) is 0 Å². The van der Waals surface area contributed by atoms with Gasteiger partial charge in [0.1, 0.15) is 11.6 Å². The lowest BCUT2D eigenvalue weighted by molar-refractivity contribution is 0.272. The van der Waals surface area contributed by atoms with Crippen molar-refractivity contribution < 1.29 is 4.74 Å². The standard InChI is InChI=1S/C15H21N3O/c1-10(2)18-7-6-11(9-18)15-16-13-5-4-12(19-3)8-14(13)17-15/h4-5,8,10-11H,6-7,9H2,1-3H3,(H,16,17). The normalized spacial score (nSPS) is 20.5. The number of nitrogens with zero attached hydrogens (tertiary/aromatic N) is 2. The number of H-pyrrole nitrogens is 1. The zero-order valence-corrected chi connectivity index (χ0v) is 11.8. The zero-order chi connectivity index (χ0) is 13.4. The number of imidazole rings is 1. The summed E-state index contributed by atoms with van der Waals surface area (Å²) in [7, 11) is 1.69. The van der Waals surface area contributed by atoms with Crippen LogP contribution in [0.2, 0.25) is 0 Å². The molecule has 1 saturated heterocycles. The maximum absolute atomic E-state index is 5.25. The zero-order valence-electron chi connectivity index (χ0n) is 11.8. The van der Waals surface area contributed by atoms with Gasteiger partial charge in [0, 0.05) is 24.6 Å². The Labute approximate surface area is 113 Å². The molecular weight excluding hydrogens is 238 g/mol. The maximum atomic E-state index is 5.25. The van der Waals surface area contributed by atoms with E-state index in [9.17, 15) is 0 Å². The van der Waals surface area contributed by atoms with Gasteiger partial charge in [0.25, 0.3) is 0 Å². The lowest BCUT2D eigenvalue weighted by atomic mass is 10.1. The van der Waals surface area contributed by atoms with Crippen molar-refractivity contribution in [3.05, 3.63) is 24.0 Å². The third kappa shape index (κ3) is 2.32. The highest BCUT2D eigenvalue weighted by molar-refractivity contribution is 5.76. The van der Waals surface area contributed by atoms with E-state index in [1.54, 1.807) is 7.11 Å². The third-order valence-corrected chi connectivity index (χ3v) is 4.04. The van der Waals surface area contributed by atoms with Gasteiger partial charge in [-0.3, -0.25) is 0 Å². The second kappa shape index (κ2) is 4.85. The van der Waals surface area contributed by atoms with E-state index in [2.05, 4.69) is 23.7 Å². The highest BCUT2D eigenvalue weighted by Gasteiger charge is 2.27. The lowest BCUT2D eigenvalue weighted by Gasteiger charge is -2.19. The fraction of sp³-hybridized carbons (Fsp3) is 0.533. The SMILES string of the molecule is COc1ccc2nc(C3CCN(C(C)C)C3)[nH]c2c1. The van der Waals surface area contributed by atoms with E-state index in [-0.39, 0.29) is 0 Å². The largest absolute Gasteiger partial charge is 0.497 e. The first-order chi connectivity index (χ1) is 9.17. The molecule has 1 unspecified atom stereocenters. The topological polar surface area (TPSA) is 41.1 Å². The van der Waals surface area contributed by atoms with E-state index in [1.165, 1.54) is 13.0 Å². The van der Waals surface area contributed by atoms with E-state index in [0.29, 0.717) is 12.0 Å². The molecule has 1 aromatic carbocycles. The first-order valence-electron chi connectivity index (χ1n) is 6.95. The van der Waals surface area contributed by atoms with E-state index in [4.69, 9.17) is 9.72 Å². The quantitative estimate of drug-likeness (QED) is 0.921. The van der Waals surface area contributed by atoms with Crippen LogP contribution in [-0.2, 0) is 0 Å². The molecule has 19 heavy (non-hydrogen) atoms. The summed E-state index contributed by atoms with van der Waals surface area (Å²) >= 11 is 0. The van der Waals surface area contributed by atoms with Crippen LogP contribution < -0.4 is 4.74 Å². The van der Waals surface area contributed by atoms with E-state index < -0.39 is 0 Å². The van der Waals surface area contributed by atoms with Crippen molar-refractivity contribution >= 4 is 11.0 Å². The Bertz CT molecular complexity index is 576. The van der Waals surface area contributed by atoms with Crippen LogP contribution in [0.3, 0.4) is 0 Å². The Morgan fingerprint density at radius 3 is 2.95 bits per heavy atom. The molecule has 0 bridgehead atoms. The van der Waals surface area contributed by atoms with Crippen LogP contribution in [0.1, 0.15) is 32.0 Å². The van der Waals surface area contributed by atoms with Gasteiger partial charge < -0.3 is 14.6 Å². The van der Waals surface area contributed by atoms with Gasteiger partial charge in [-0.25, -0.2) is 4.98 Å². The molecule has 4 heteroatoms. The number of nitrogens with one attached hydrogen (secondary N) is 1. The molecule has 0 saturated carbocycles. The van der Waals surface area contributed by atoms with Crippen LogP contribution in [0.5, 0.6) is 5.75 Å². The van der Waals surface area contributed by atoms with E-state index >= 15 is 0 Å². The van der Waals surface area contributed by atoms with E-state index in [1.807, 2.05) is 18.2 Å². The molecule has 3 rings (SSSR count). The van der Waals surface area contributed by atoms with Crippen LogP contribution in [-0.4, -0.2) is 41.1 Å². The molecule has 1 aliphatic rings. The maximum Gasteiger partial charge on any atom is 0.121 e. The summed E-state index contributed by atoms with van der Waals surface area (Å²) in [5.74, 6) is 2.52. The molecule has 0 aliphatic carbocycles. The first-order valence-corrected chi connectivity index (χ1v) is 6.95. The van der Waals surface area contributed by atoms with Crippen LogP contribution in [0, 0.1) is 0 Å². The Morgan fingerprint density at radius 2 is 2.26 bits per heavy atom. The molecule has 1 atom stereocenters. The average Bonchev–Trinajstić information content (AvgIpc) is 3.04. The second-order valence-corrected chi connectivity index (χ2v) is 5.58. The van der Waals surface area contributed by atoms with Crippen molar-refractivity contribution in [1.82, 2.24) is 14.9 Å². The first kappa shape index (κ1) is 12.5. The van der Waals surface area contributed by atoms with Gasteiger partial charge >= 0.3 is 0 Å². The molecule has 0 spiro atoms. The molecular formula is C15H21N3O. The summed E-state index contributed by atoms with van der Waals surface area (Å²) in [6.45, 7) is 6.79. The van der Waals surface area contributed by atoms with Gasteiger partial charge in [0.05, 0.1) is 18.1 Å². The summed E-state index contributed by atoms with van der Waals surface area (Å²) in [6, 6.07) is 6.61. The monoisotopic (exact) mass is 259 g/mol. The average molecular weight is 259 g/mol. The Hall–Kier alpha value is -1.55. The van der Waals surface area contributed by atoms with Crippen molar-refractivity contribution in [3.8, 4) is 5.75 Å². The van der Waals surface area contributed by atoms with Crippen LogP contribution in [0.25, 0.3) is 11.0 Å². The number of hydrogen-bond acceptors (Lipinski definition) is 3. The molecule has 2 heterocycles. The number of ether oxygens (including phenoxy) is 1. The summed E-state index contributed by atoms with van der Waals surface area (Å²) in [5, 5.41) is 0. The summed E-state index contributed by atoms with van der Waals surface area (Å²) in [6.07, 6.45) is 1.19. The number of likely N-dealkylation sites (tertiary alicyclic amines) is 1. The smallest absolute Gasteiger partial charge is 0.121 e. The second-order valence-electron chi connectivity index (χ2n) is 5.58. The van der Waals surface area contributed by atoms with Gasteiger partial charge in [-0.2, -0.15) is 0 Å². The van der Waals surface area contributed by atoms with Gasteiger partial charge in [-0.1, -0.05) is 0 Å². The molecule has 1 fully saturated rings. The fourth-order valence-corrected chi connectivity index (χ4v) is 2.81. The van der Waals surface area contributed by atoms with Crippen molar-refractivity contribution in [1.29, 1.82) is 0 Å². The van der Waals surface area contributed by atoms with Crippen LogP contribution >= 0.6 is 0 Å². The number of hydrogen-bond donors (Lipinski definition) is 1. The number of aromatic nitrogens is 2. The Kier molecular flexibility index (Phi) is 3.19. The minimum atomic E-state index is 0.529. The van der Waals surface area contributed by atoms with Crippen molar-refractivity contribution in [2.75, 3.05) is 20.2 Å². The van der Waals surface area contributed by atoms with Gasteiger partial charge in [-0.15, -0.1) is 0 Å². The summed E-state index contributed by atoms with van der Waals surface area (Å²) in [5.41, 5.74) is 2.09. The lowest BCUT2D eigenvalue weighted by Crippen LogP contribution is -2.28. The number of aromatic amines is 1. The van der Waals surface area contributed by atoms with Gasteiger partial charge in [0.2, 0.25) is 0 Å². The minimum absolute atomic E-state index is 0.529. The predicted octanol–water partition coefficient (Wildman–Crippen LogP) is 2.77. The van der Waals surface area contributed by atoms with Crippen molar-refractivity contribution in [2.45, 2.75) is 32.2 Å². The highest BCUT2D eigenvalue weighted by Crippen LogP contribution is 2.28. The Balaban J connectivity index is 1.86. The molecule has 0 radical (unpaired) electrons. The molecule has 2 aromatic rings. The highest BCUT2D eigenvalue weighted by atomic mass is 16.5. The van der Waals surface area contributed by atoms with Gasteiger partial charge in [0.15, 0.2) is 0 Å². The molecule has 1 N–H and O–H groups in total. The third-order valence-electron chi connectivity index (χ3n) is 4.04. The number of methoxy groups -OCH3 is 1. The molecule has 1 aliphatic heterocycles. The van der Waals surface area contributed by atoms with Crippen LogP contribution in [0.15, 0.2) is 18.2 Å². The molecule has 1 aromatic heterocycles. The molecule has 0 amide bonds. The number of benzene rings is 1. The molecule has 4 nitrogen and oxygen atoms in total. The number of rotatable bonds is 3. The minimum Gasteiger partial charge on any atom is -0.497 e.